The molecule has 4 rings (SSSR count). The molecular formula is C23H24N5O+. The number of aromatic nitrogens is 3. The van der Waals surface area contributed by atoms with Crippen molar-refractivity contribution >= 4 is 17.2 Å². The second-order valence-electron chi connectivity index (χ2n) is 6.93. The van der Waals surface area contributed by atoms with E-state index in [-0.39, 0.29) is 5.91 Å². The highest BCUT2D eigenvalue weighted by Crippen LogP contribution is 2.24. The average molecular weight is 386 g/mol. The van der Waals surface area contributed by atoms with Crippen LogP contribution < -0.4 is 15.2 Å². The summed E-state index contributed by atoms with van der Waals surface area (Å²) in [6, 6.07) is 15.9. The number of hydrogen-bond donors (Lipinski definition) is 2. The van der Waals surface area contributed by atoms with Gasteiger partial charge in [0, 0.05) is 42.2 Å². The van der Waals surface area contributed by atoms with Gasteiger partial charge in [-0.3, -0.25) is 9.20 Å². The van der Waals surface area contributed by atoms with E-state index in [2.05, 4.69) is 34.7 Å². The van der Waals surface area contributed by atoms with E-state index in [1.807, 2.05) is 77.2 Å². The fraction of sp³-hybridized carbons (Fsp3) is 0.174. The summed E-state index contributed by atoms with van der Waals surface area (Å²) in [4.78, 5) is 17.0. The molecule has 0 radical (unpaired) electrons. The molecule has 0 saturated heterocycles. The van der Waals surface area contributed by atoms with E-state index >= 15 is 0 Å². The monoisotopic (exact) mass is 386 g/mol. The van der Waals surface area contributed by atoms with Crippen molar-refractivity contribution in [1.82, 2.24) is 14.7 Å². The molecule has 0 fully saturated rings. The zero-order valence-electron chi connectivity index (χ0n) is 16.6. The molecule has 146 valence electrons. The van der Waals surface area contributed by atoms with Gasteiger partial charge < -0.3 is 10.6 Å². The summed E-state index contributed by atoms with van der Waals surface area (Å²) in [5.41, 5.74) is 5.77. The summed E-state index contributed by atoms with van der Waals surface area (Å²) >= 11 is 0. The second-order valence-corrected chi connectivity index (χ2v) is 6.93. The van der Waals surface area contributed by atoms with Gasteiger partial charge in [-0.2, -0.15) is 0 Å². The number of hydrogen-bond acceptors (Lipinski definition) is 3. The zero-order chi connectivity index (χ0) is 20.2. The maximum atomic E-state index is 12.5. The molecule has 0 saturated carbocycles. The molecule has 4 aromatic rings. The van der Waals surface area contributed by atoms with Crippen LogP contribution >= 0.6 is 0 Å². The number of carbonyl (C=O) groups is 1. The minimum Gasteiger partial charge on any atom is -0.388 e. The molecule has 3 aromatic heterocycles. The van der Waals surface area contributed by atoms with Gasteiger partial charge in [-0.1, -0.05) is 24.3 Å². The summed E-state index contributed by atoms with van der Waals surface area (Å²) in [6.07, 6.45) is 7.73. The Bertz CT molecular complexity index is 1150. The van der Waals surface area contributed by atoms with Crippen LogP contribution in [-0.2, 0) is 6.54 Å². The lowest BCUT2D eigenvalue weighted by Gasteiger charge is -2.07. The van der Waals surface area contributed by atoms with E-state index in [9.17, 15) is 4.79 Å². The van der Waals surface area contributed by atoms with Crippen LogP contribution in [0, 0.1) is 6.92 Å². The van der Waals surface area contributed by atoms with Crippen LogP contribution in [0.4, 0.5) is 5.69 Å². The fourth-order valence-electron chi connectivity index (χ4n) is 3.36. The van der Waals surface area contributed by atoms with Crippen molar-refractivity contribution in [2.45, 2.75) is 13.5 Å². The number of aryl methyl sites for hydroxylation is 1. The Hall–Kier alpha value is -3.67. The van der Waals surface area contributed by atoms with Crippen LogP contribution in [0.5, 0.6) is 0 Å². The molecule has 6 heteroatoms. The van der Waals surface area contributed by atoms with Crippen molar-refractivity contribution in [1.29, 1.82) is 0 Å². The number of benzene rings is 1. The molecule has 1 aromatic carbocycles. The molecule has 0 aliphatic rings. The van der Waals surface area contributed by atoms with Crippen molar-refractivity contribution in [2.75, 3.05) is 18.9 Å². The minimum atomic E-state index is -0.0969. The highest BCUT2D eigenvalue weighted by atomic mass is 16.1. The number of fused-ring (bicyclic) bond motifs is 1. The third-order valence-corrected chi connectivity index (χ3v) is 5.03. The summed E-state index contributed by atoms with van der Waals surface area (Å²) in [7, 11) is 1.89. The topological polar surface area (TPSA) is 62.3 Å². The van der Waals surface area contributed by atoms with Gasteiger partial charge in [0.2, 0.25) is 0 Å². The van der Waals surface area contributed by atoms with Gasteiger partial charge in [-0.25, -0.2) is 9.55 Å². The van der Waals surface area contributed by atoms with Crippen molar-refractivity contribution < 1.29 is 9.36 Å². The Morgan fingerprint density at radius 1 is 1.14 bits per heavy atom. The van der Waals surface area contributed by atoms with E-state index in [0.717, 1.165) is 22.6 Å². The van der Waals surface area contributed by atoms with Gasteiger partial charge in [-0.05, 0) is 24.6 Å². The standard InChI is InChI=1S/C23H23N5O/c1-17-5-3-4-6-20(17)21-16-26-22-15-18(7-13-28(21)22)23(29)25-10-14-27-11-8-19(24-2)9-12-27/h3-9,11-13,15-16H,10,14H2,1-2H3,(H,25,29)/p+1. The number of nitrogens with one attached hydrogen (secondary N) is 2. The molecule has 0 unspecified atom stereocenters. The van der Waals surface area contributed by atoms with Crippen LogP contribution in [-0.4, -0.2) is 28.9 Å². The van der Waals surface area contributed by atoms with Gasteiger partial charge in [0.25, 0.3) is 5.91 Å². The zero-order valence-corrected chi connectivity index (χ0v) is 16.6. The van der Waals surface area contributed by atoms with Crippen LogP contribution in [0.2, 0.25) is 0 Å². The summed E-state index contributed by atoms with van der Waals surface area (Å²) < 4.78 is 4.05. The molecule has 29 heavy (non-hydrogen) atoms. The maximum Gasteiger partial charge on any atom is 0.251 e. The number of rotatable bonds is 6. The van der Waals surface area contributed by atoms with Gasteiger partial charge in [0.05, 0.1) is 18.4 Å². The first-order valence-corrected chi connectivity index (χ1v) is 9.64. The molecule has 0 atom stereocenters. The molecule has 1 amide bonds. The van der Waals surface area contributed by atoms with Crippen molar-refractivity contribution in [3.8, 4) is 11.3 Å². The average Bonchev–Trinajstić information content (AvgIpc) is 3.17. The molecule has 0 aliphatic heterocycles. The molecule has 0 spiro atoms. The van der Waals surface area contributed by atoms with E-state index in [1.54, 1.807) is 0 Å². The third-order valence-electron chi connectivity index (χ3n) is 5.03. The smallest absolute Gasteiger partial charge is 0.251 e. The Balaban J connectivity index is 1.45. The SMILES string of the molecule is CNc1cc[n+](CCNC(=O)c2ccn3c(-c4ccccc4C)cnc3c2)cc1. The third kappa shape index (κ3) is 3.96. The Morgan fingerprint density at radius 2 is 1.93 bits per heavy atom. The van der Waals surface area contributed by atoms with Gasteiger partial charge in [0.1, 0.15) is 5.65 Å². The number of nitrogens with zero attached hydrogens (tertiary/aromatic N) is 3. The van der Waals surface area contributed by atoms with E-state index in [4.69, 9.17) is 0 Å². The summed E-state index contributed by atoms with van der Waals surface area (Å²) in [5.74, 6) is -0.0969. The molecule has 0 aliphatic carbocycles. The predicted octanol–water partition coefficient (Wildman–Crippen LogP) is 3.07. The highest BCUT2D eigenvalue weighted by molar-refractivity contribution is 5.95. The number of amides is 1. The van der Waals surface area contributed by atoms with Gasteiger partial charge >= 0.3 is 0 Å². The fourth-order valence-corrected chi connectivity index (χ4v) is 3.36. The number of anilines is 1. The van der Waals surface area contributed by atoms with Crippen molar-refractivity contribution in [2.24, 2.45) is 0 Å². The quantitative estimate of drug-likeness (QED) is 0.501. The first-order valence-electron chi connectivity index (χ1n) is 9.64. The minimum absolute atomic E-state index is 0.0969. The van der Waals surface area contributed by atoms with Crippen LogP contribution in [0.25, 0.3) is 16.9 Å². The number of carbonyl (C=O) groups excluding carboxylic acids is 1. The van der Waals surface area contributed by atoms with E-state index < -0.39 is 0 Å². The first kappa shape index (κ1) is 18.7. The lowest BCUT2D eigenvalue weighted by atomic mass is 10.1. The van der Waals surface area contributed by atoms with E-state index in [0.29, 0.717) is 18.7 Å². The molecule has 2 N–H and O–H groups in total. The first-order chi connectivity index (χ1) is 14.2. The van der Waals surface area contributed by atoms with Gasteiger partial charge in [0.15, 0.2) is 18.9 Å². The lowest BCUT2D eigenvalue weighted by molar-refractivity contribution is -0.694. The van der Waals surface area contributed by atoms with Gasteiger partial charge in [-0.15, -0.1) is 0 Å². The van der Waals surface area contributed by atoms with Crippen molar-refractivity contribution in [3.63, 3.8) is 0 Å². The molecule has 6 nitrogen and oxygen atoms in total. The normalized spacial score (nSPS) is 10.8. The molecule has 3 heterocycles. The van der Waals surface area contributed by atoms with Crippen LogP contribution in [0.15, 0.2) is 73.3 Å². The number of pyridine rings is 2. The molecular weight excluding hydrogens is 362 g/mol. The highest BCUT2D eigenvalue weighted by Gasteiger charge is 2.12. The maximum absolute atomic E-state index is 12.5. The Morgan fingerprint density at radius 3 is 2.69 bits per heavy atom. The summed E-state index contributed by atoms with van der Waals surface area (Å²) in [5, 5.41) is 6.06. The summed E-state index contributed by atoms with van der Waals surface area (Å²) in [6.45, 7) is 3.34. The van der Waals surface area contributed by atoms with Crippen LogP contribution in [0.3, 0.4) is 0 Å². The van der Waals surface area contributed by atoms with E-state index in [1.165, 1.54) is 5.56 Å². The molecule has 0 bridgehead atoms. The second kappa shape index (κ2) is 8.14. The Labute approximate surface area is 169 Å². The van der Waals surface area contributed by atoms with Crippen LogP contribution in [0.1, 0.15) is 15.9 Å². The lowest BCUT2D eigenvalue weighted by Crippen LogP contribution is -2.40. The predicted molar refractivity (Wildman–Crippen MR) is 114 cm³/mol. The Kier molecular flexibility index (Phi) is 5.24. The van der Waals surface area contributed by atoms with Crippen molar-refractivity contribution in [3.05, 3.63) is 84.4 Å². The number of imidazole rings is 1. The largest absolute Gasteiger partial charge is 0.388 e.